The molecule has 2 saturated carbocycles. The smallest absolute Gasteiger partial charge is 0.370 e. The minimum atomic E-state index is -4.55. The zero-order chi connectivity index (χ0) is 20.1. The van der Waals surface area contributed by atoms with Gasteiger partial charge in [0.15, 0.2) is 0 Å². The summed E-state index contributed by atoms with van der Waals surface area (Å²) in [5.41, 5.74) is 5.88. The van der Waals surface area contributed by atoms with Gasteiger partial charge in [0.2, 0.25) is 11.9 Å². The van der Waals surface area contributed by atoms with E-state index in [1.807, 2.05) is 0 Å². The first-order valence-electron chi connectivity index (χ1n) is 9.11. The van der Waals surface area contributed by atoms with E-state index in [1.54, 1.807) is 17.8 Å². The van der Waals surface area contributed by atoms with Crippen molar-refractivity contribution in [3.05, 3.63) is 23.7 Å². The molecule has 150 valence electrons. The summed E-state index contributed by atoms with van der Waals surface area (Å²) < 4.78 is 41.1. The summed E-state index contributed by atoms with van der Waals surface area (Å²) in [4.78, 5) is 19.2. The lowest BCUT2D eigenvalue weighted by Crippen LogP contribution is -2.15. The van der Waals surface area contributed by atoms with Crippen LogP contribution in [0.25, 0.3) is 0 Å². The minimum Gasteiger partial charge on any atom is -0.370 e. The molecular formula is C17H20F3N7O. The van der Waals surface area contributed by atoms with Crippen molar-refractivity contribution in [2.45, 2.75) is 44.3 Å². The maximum atomic E-state index is 13.1. The number of alkyl halides is 3. The third kappa shape index (κ3) is 3.60. The summed E-state index contributed by atoms with van der Waals surface area (Å²) in [6, 6.07) is -0.0728. The van der Waals surface area contributed by atoms with Crippen molar-refractivity contribution in [2.24, 2.45) is 11.7 Å². The highest BCUT2D eigenvalue weighted by atomic mass is 19.4. The Balaban J connectivity index is 1.61. The van der Waals surface area contributed by atoms with Gasteiger partial charge in [-0.05, 0) is 26.2 Å². The SMILES string of the molecule is CCNc1nc(Nc2cn([C@@H]3C[C@@H]3C(N)=O)nc2C2CC2)ncc1C(F)(F)F. The van der Waals surface area contributed by atoms with E-state index in [0.29, 0.717) is 18.7 Å². The molecule has 2 atom stereocenters. The molecule has 2 aromatic rings. The van der Waals surface area contributed by atoms with Gasteiger partial charge in [-0.3, -0.25) is 9.48 Å². The summed E-state index contributed by atoms with van der Waals surface area (Å²) in [5.74, 6) is -0.527. The third-order valence-electron chi connectivity index (χ3n) is 4.87. The maximum absolute atomic E-state index is 13.1. The van der Waals surface area contributed by atoms with Crippen LogP contribution in [0.4, 0.5) is 30.6 Å². The van der Waals surface area contributed by atoms with Crippen molar-refractivity contribution in [3.8, 4) is 0 Å². The average Bonchev–Trinajstić information content (AvgIpc) is 3.53. The van der Waals surface area contributed by atoms with E-state index in [9.17, 15) is 18.0 Å². The molecule has 8 nitrogen and oxygen atoms in total. The largest absolute Gasteiger partial charge is 0.421 e. The zero-order valence-electron chi connectivity index (χ0n) is 15.1. The molecule has 0 aliphatic heterocycles. The summed E-state index contributed by atoms with van der Waals surface area (Å²) in [6.45, 7) is 1.98. The van der Waals surface area contributed by atoms with Crippen LogP contribution in [-0.2, 0) is 11.0 Å². The van der Waals surface area contributed by atoms with Crippen LogP contribution < -0.4 is 16.4 Å². The number of nitrogens with zero attached hydrogens (tertiary/aromatic N) is 4. The molecule has 2 fully saturated rings. The van der Waals surface area contributed by atoms with Crippen molar-refractivity contribution < 1.29 is 18.0 Å². The van der Waals surface area contributed by atoms with Crippen LogP contribution in [0.2, 0.25) is 0 Å². The summed E-state index contributed by atoms with van der Waals surface area (Å²) in [5, 5.41) is 10.2. The lowest BCUT2D eigenvalue weighted by Gasteiger charge is -2.13. The lowest BCUT2D eigenvalue weighted by atomic mass is 10.2. The van der Waals surface area contributed by atoms with Gasteiger partial charge in [-0.2, -0.15) is 23.3 Å². The van der Waals surface area contributed by atoms with Gasteiger partial charge in [0.1, 0.15) is 11.4 Å². The molecule has 2 aliphatic rings. The van der Waals surface area contributed by atoms with Crippen LogP contribution in [0.3, 0.4) is 0 Å². The second-order valence-electron chi connectivity index (χ2n) is 7.10. The number of amides is 1. The van der Waals surface area contributed by atoms with Gasteiger partial charge in [-0.1, -0.05) is 0 Å². The van der Waals surface area contributed by atoms with Gasteiger partial charge >= 0.3 is 6.18 Å². The highest BCUT2D eigenvalue weighted by Gasteiger charge is 2.45. The summed E-state index contributed by atoms with van der Waals surface area (Å²) in [6.07, 6.45) is 0.587. The molecular weight excluding hydrogens is 375 g/mol. The van der Waals surface area contributed by atoms with E-state index in [1.165, 1.54) is 0 Å². The van der Waals surface area contributed by atoms with Crippen LogP contribution in [0, 0.1) is 5.92 Å². The Labute approximate surface area is 158 Å². The molecule has 11 heteroatoms. The number of carbonyl (C=O) groups excluding carboxylic acids is 1. The first kappa shape index (κ1) is 18.5. The van der Waals surface area contributed by atoms with Crippen LogP contribution in [-0.4, -0.2) is 32.2 Å². The number of carbonyl (C=O) groups is 1. The van der Waals surface area contributed by atoms with E-state index >= 15 is 0 Å². The predicted octanol–water partition coefficient (Wildman–Crippen LogP) is 2.79. The molecule has 1 amide bonds. The van der Waals surface area contributed by atoms with Gasteiger partial charge in [-0.15, -0.1) is 0 Å². The van der Waals surface area contributed by atoms with E-state index in [2.05, 4.69) is 25.7 Å². The number of anilines is 3. The quantitative estimate of drug-likeness (QED) is 0.665. The Morgan fingerprint density at radius 1 is 1.39 bits per heavy atom. The molecule has 2 aliphatic carbocycles. The number of nitrogens with two attached hydrogens (primary N) is 1. The Morgan fingerprint density at radius 3 is 2.71 bits per heavy atom. The van der Waals surface area contributed by atoms with Crippen LogP contribution in [0.1, 0.15) is 49.4 Å². The molecule has 28 heavy (non-hydrogen) atoms. The molecule has 2 aromatic heterocycles. The molecule has 0 bridgehead atoms. The number of primary amides is 1. The molecule has 0 aromatic carbocycles. The van der Waals surface area contributed by atoms with Crippen molar-refractivity contribution in [1.82, 2.24) is 19.7 Å². The van der Waals surface area contributed by atoms with Gasteiger partial charge < -0.3 is 16.4 Å². The Bertz CT molecular complexity index is 907. The molecule has 0 radical (unpaired) electrons. The lowest BCUT2D eigenvalue weighted by molar-refractivity contribution is -0.137. The van der Waals surface area contributed by atoms with Gasteiger partial charge in [0, 0.05) is 24.9 Å². The van der Waals surface area contributed by atoms with Crippen LogP contribution in [0.5, 0.6) is 0 Å². The summed E-state index contributed by atoms with van der Waals surface area (Å²) in [7, 11) is 0. The van der Waals surface area contributed by atoms with E-state index in [0.717, 1.165) is 24.7 Å². The number of hydrogen-bond donors (Lipinski definition) is 3. The molecule has 0 unspecified atom stereocenters. The Hall–Kier alpha value is -2.85. The topological polar surface area (TPSA) is 111 Å². The van der Waals surface area contributed by atoms with Gasteiger partial charge in [0.05, 0.1) is 23.3 Å². The second-order valence-corrected chi connectivity index (χ2v) is 7.10. The number of aromatic nitrogens is 4. The second kappa shape index (κ2) is 6.64. The maximum Gasteiger partial charge on any atom is 0.421 e. The normalized spacial score (nSPS) is 21.4. The Morgan fingerprint density at radius 2 is 2.14 bits per heavy atom. The first-order valence-corrected chi connectivity index (χ1v) is 9.11. The average molecular weight is 395 g/mol. The van der Waals surface area contributed by atoms with Crippen LogP contribution >= 0.6 is 0 Å². The molecule has 2 heterocycles. The number of nitrogens with one attached hydrogen (secondary N) is 2. The first-order chi connectivity index (χ1) is 13.3. The highest BCUT2D eigenvalue weighted by Crippen LogP contribution is 2.47. The predicted molar refractivity (Wildman–Crippen MR) is 95.0 cm³/mol. The Kier molecular flexibility index (Phi) is 4.39. The van der Waals surface area contributed by atoms with Crippen molar-refractivity contribution in [2.75, 3.05) is 17.2 Å². The van der Waals surface area contributed by atoms with Gasteiger partial charge in [0.25, 0.3) is 0 Å². The summed E-state index contributed by atoms with van der Waals surface area (Å²) >= 11 is 0. The standard InChI is InChI=1S/C17H20F3N7O/c1-2-22-15-10(17(18,19)20)6-23-16(25-15)24-11-7-27(12-5-9(12)14(21)28)26-13(11)8-3-4-8/h6-9,12H,2-5H2,1H3,(H2,21,28)(H2,22,23,24,25)/t9-,12+/m0/s1. The third-order valence-corrected chi connectivity index (χ3v) is 4.87. The number of rotatable bonds is 7. The highest BCUT2D eigenvalue weighted by molar-refractivity contribution is 5.80. The molecule has 4 rings (SSSR count). The minimum absolute atomic E-state index is 0.0487. The fourth-order valence-electron chi connectivity index (χ4n) is 3.18. The van der Waals surface area contributed by atoms with Crippen molar-refractivity contribution in [1.29, 1.82) is 0 Å². The number of halogens is 3. The fourth-order valence-corrected chi connectivity index (χ4v) is 3.18. The molecule has 0 spiro atoms. The van der Waals surface area contributed by atoms with Crippen LogP contribution in [0.15, 0.2) is 12.4 Å². The van der Waals surface area contributed by atoms with E-state index in [4.69, 9.17) is 5.73 Å². The molecule has 4 N–H and O–H groups in total. The van der Waals surface area contributed by atoms with Gasteiger partial charge in [-0.25, -0.2) is 4.98 Å². The molecule has 0 saturated heterocycles. The monoisotopic (exact) mass is 395 g/mol. The van der Waals surface area contributed by atoms with E-state index < -0.39 is 11.7 Å². The van der Waals surface area contributed by atoms with Crippen molar-refractivity contribution >= 4 is 23.4 Å². The fraction of sp³-hybridized carbons (Fsp3) is 0.529. The zero-order valence-corrected chi connectivity index (χ0v) is 15.1. The van der Waals surface area contributed by atoms with Crippen molar-refractivity contribution in [3.63, 3.8) is 0 Å². The number of hydrogen-bond acceptors (Lipinski definition) is 6. The van der Waals surface area contributed by atoms with E-state index in [-0.39, 0.29) is 35.6 Å².